The summed E-state index contributed by atoms with van der Waals surface area (Å²) >= 11 is 6.22. The van der Waals surface area contributed by atoms with Crippen LogP contribution in [0.25, 0.3) is 10.9 Å². The Labute approximate surface area is 273 Å². The van der Waals surface area contributed by atoms with Crippen LogP contribution in [0, 0.1) is 11.6 Å². The van der Waals surface area contributed by atoms with Gasteiger partial charge >= 0.3 is 11.7 Å². The highest BCUT2D eigenvalue weighted by Gasteiger charge is 2.33. The van der Waals surface area contributed by atoms with Gasteiger partial charge in [-0.1, -0.05) is 17.2 Å². The molecule has 2 aliphatic carbocycles. The number of nitrogens with one attached hydrogen (secondary N) is 2. The van der Waals surface area contributed by atoms with Gasteiger partial charge in [0.2, 0.25) is 5.43 Å². The van der Waals surface area contributed by atoms with Crippen LogP contribution in [0.1, 0.15) is 68.8 Å². The number of carbonyl (C=O) groups is 1. The van der Waals surface area contributed by atoms with Gasteiger partial charge in [0.1, 0.15) is 22.9 Å². The Morgan fingerprint density at radius 1 is 1.11 bits per heavy atom. The Hall–Kier alpha value is -4.23. The first kappa shape index (κ1) is 32.7. The lowest BCUT2D eigenvalue weighted by Crippen LogP contribution is -2.52. The normalized spacial score (nSPS) is 19.0. The highest BCUT2D eigenvalue weighted by molar-refractivity contribution is 6.31. The minimum Gasteiger partial charge on any atom is -0.477 e. The molecule has 0 spiro atoms. The molecule has 3 N–H and O–H groups in total. The molecule has 2 fully saturated rings. The van der Waals surface area contributed by atoms with E-state index in [1.54, 1.807) is 11.0 Å². The number of nitrogens with zero attached hydrogens (tertiary/aromatic N) is 4. The van der Waals surface area contributed by atoms with Crippen molar-refractivity contribution in [1.29, 1.82) is 0 Å². The second kappa shape index (κ2) is 13.1. The summed E-state index contributed by atoms with van der Waals surface area (Å²) in [5.41, 5.74) is -0.684. The molecule has 0 amide bonds. The number of benzene rings is 1. The average Bonchev–Trinajstić information content (AvgIpc) is 3.85. The third-order valence-corrected chi connectivity index (χ3v) is 9.74. The van der Waals surface area contributed by atoms with E-state index in [2.05, 4.69) is 15.2 Å². The molecular formula is C33H37ClF2N6O5. The molecule has 0 radical (unpaired) electrons. The Morgan fingerprint density at radius 2 is 1.85 bits per heavy atom. The van der Waals surface area contributed by atoms with Crippen LogP contribution < -0.4 is 26.9 Å². The number of hydrogen-bond donors (Lipinski definition) is 3. The van der Waals surface area contributed by atoms with Crippen LogP contribution in [0.3, 0.4) is 0 Å². The quantitative estimate of drug-likeness (QED) is 0.263. The number of carboxylic acid groups (broad SMARTS) is 1. The van der Waals surface area contributed by atoms with E-state index in [1.165, 1.54) is 21.4 Å². The zero-order chi connectivity index (χ0) is 33.6. The number of aromatic amines is 1. The molecular weight excluding hydrogens is 634 g/mol. The van der Waals surface area contributed by atoms with E-state index in [4.69, 9.17) is 11.6 Å². The molecule has 1 atom stereocenters. The molecule has 3 heterocycles. The van der Waals surface area contributed by atoms with Crippen molar-refractivity contribution in [2.24, 2.45) is 0 Å². The molecule has 14 heteroatoms. The van der Waals surface area contributed by atoms with Crippen LogP contribution >= 0.6 is 11.6 Å². The van der Waals surface area contributed by atoms with Crippen LogP contribution in [-0.2, 0) is 6.54 Å². The fourth-order valence-electron chi connectivity index (χ4n) is 6.49. The summed E-state index contributed by atoms with van der Waals surface area (Å²) in [7, 11) is 0. The van der Waals surface area contributed by atoms with Crippen LogP contribution in [0.4, 0.5) is 20.3 Å². The number of hydrogen-bond acceptors (Lipinski definition) is 7. The number of aromatic nitrogens is 3. The van der Waals surface area contributed by atoms with Crippen molar-refractivity contribution in [2.75, 3.05) is 36.4 Å². The van der Waals surface area contributed by atoms with Crippen molar-refractivity contribution < 1.29 is 18.7 Å². The summed E-state index contributed by atoms with van der Waals surface area (Å²) < 4.78 is 34.2. The molecule has 1 saturated carbocycles. The zero-order valence-electron chi connectivity index (χ0n) is 26.2. The highest BCUT2D eigenvalue weighted by atomic mass is 35.5. The number of anilines is 2. The topological polar surface area (TPSA) is 133 Å². The number of pyridine rings is 1. The second-order valence-electron chi connectivity index (χ2n) is 12.7. The molecule has 47 heavy (non-hydrogen) atoms. The highest BCUT2D eigenvalue weighted by Crippen LogP contribution is 2.40. The van der Waals surface area contributed by atoms with Gasteiger partial charge < -0.3 is 19.9 Å². The average molecular weight is 671 g/mol. The Morgan fingerprint density at radius 3 is 2.51 bits per heavy atom. The molecule has 3 aliphatic rings. The minimum absolute atomic E-state index is 0.0593. The largest absolute Gasteiger partial charge is 0.477 e. The Balaban J connectivity index is 1.08. The van der Waals surface area contributed by atoms with E-state index >= 15 is 8.78 Å². The lowest BCUT2D eigenvalue weighted by Gasteiger charge is -2.41. The Kier molecular flexibility index (Phi) is 9.12. The maximum atomic E-state index is 16.1. The number of aromatic carboxylic acids is 1. The van der Waals surface area contributed by atoms with Gasteiger partial charge in [0.05, 0.1) is 10.9 Å². The van der Waals surface area contributed by atoms with Crippen LogP contribution in [-0.4, -0.2) is 62.3 Å². The van der Waals surface area contributed by atoms with Gasteiger partial charge in [-0.25, -0.2) is 18.4 Å². The molecule has 250 valence electrons. The second-order valence-corrected chi connectivity index (χ2v) is 13.1. The molecule has 1 saturated heterocycles. The van der Waals surface area contributed by atoms with Gasteiger partial charge in [0.25, 0.3) is 5.56 Å². The first-order valence-electron chi connectivity index (χ1n) is 15.9. The summed E-state index contributed by atoms with van der Waals surface area (Å²) in [4.78, 5) is 56.4. The maximum Gasteiger partial charge on any atom is 0.341 e. The van der Waals surface area contributed by atoms with E-state index in [-0.39, 0.29) is 35.2 Å². The van der Waals surface area contributed by atoms with Gasteiger partial charge in [-0.15, -0.1) is 0 Å². The molecule has 1 aliphatic heterocycles. The fourth-order valence-corrected chi connectivity index (χ4v) is 6.72. The van der Waals surface area contributed by atoms with Crippen molar-refractivity contribution in [3.05, 3.63) is 89.0 Å². The van der Waals surface area contributed by atoms with Crippen molar-refractivity contribution in [3.63, 3.8) is 0 Å². The van der Waals surface area contributed by atoms with Crippen molar-refractivity contribution in [3.8, 4) is 0 Å². The molecule has 1 unspecified atom stereocenters. The van der Waals surface area contributed by atoms with Crippen LogP contribution in [0.15, 0.2) is 55.1 Å². The maximum absolute atomic E-state index is 16.1. The molecule has 11 nitrogen and oxygen atoms in total. The minimum atomic E-state index is -1.43. The SMILES string of the molecule is CC1=C(Cl)C=C(Nc2cc(=O)n(CCCCN3CCN(c4c(F)cc5c(=O)c(C(=O)O)cn(C6CC6)c5c4F)CC3C)c(=O)[nH]2)CC1. The lowest BCUT2D eigenvalue weighted by molar-refractivity contribution is 0.0694. The molecule has 3 aromatic rings. The van der Waals surface area contributed by atoms with Crippen LogP contribution in [0.2, 0.25) is 0 Å². The van der Waals surface area contributed by atoms with Gasteiger partial charge in [-0.3, -0.25) is 24.0 Å². The smallest absolute Gasteiger partial charge is 0.341 e. The van der Waals surface area contributed by atoms with E-state index in [0.717, 1.165) is 43.0 Å². The molecule has 1 aromatic carbocycles. The lowest BCUT2D eigenvalue weighted by atomic mass is 10.0. The summed E-state index contributed by atoms with van der Waals surface area (Å²) in [5.74, 6) is -2.87. The van der Waals surface area contributed by atoms with E-state index < -0.39 is 39.8 Å². The monoisotopic (exact) mass is 670 g/mol. The first-order chi connectivity index (χ1) is 22.4. The predicted octanol–water partition coefficient (Wildman–Crippen LogP) is 4.76. The summed E-state index contributed by atoms with van der Waals surface area (Å²) in [6.45, 7) is 6.06. The molecule has 6 rings (SSSR count). The number of piperazine rings is 1. The number of halogens is 3. The third-order valence-electron chi connectivity index (χ3n) is 9.31. The third kappa shape index (κ3) is 6.64. The number of allylic oxidation sites excluding steroid dienone is 4. The molecule has 0 bridgehead atoms. The van der Waals surface area contributed by atoms with Crippen molar-refractivity contribution in [2.45, 2.75) is 71.0 Å². The fraction of sp³-hybridized carbons (Fsp3) is 0.455. The van der Waals surface area contributed by atoms with Crippen molar-refractivity contribution in [1.82, 2.24) is 19.0 Å². The standard InChI is InChI=1S/C33H37ClF2N6O5/c1-18-5-6-20(13-24(18)34)37-26-15-27(43)41(33(47)38-26)10-4-3-9-39-11-12-40(16-19(39)2)30-25(35)14-22-29(28(30)36)42(21-7-8-21)17-23(31(22)44)32(45)46/h13-15,17,19,21,37H,3-12,16H2,1-2H3,(H,38,47)(H,45,46). The van der Waals surface area contributed by atoms with Gasteiger partial charge in [0.15, 0.2) is 5.82 Å². The number of rotatable bonds is 10. The molecule has 2 aromatic heterocycles. The first-order valence-corrected chi connectivity index (χ1v) is 16.3. The van der Waals surface area contributed by atoms with Gasteiger partial charge in [0, 0.05) is 61.3 Å². The van der Waals surface area contributed by atoms with Gasteiger partial charge in [-0.05, 0) is 71.1 Å². The number of fused-ring (bicyclic) bond motifs is 1. The van der Waals surface area contributed by atoms with E-state index in [1.807, 2.05) is 13.8 Å². The van der Waals surface area contributed by atoms with Gasteiger partial charge in [-0.2, -0.15) is 0 Å². The predicted molar refractivity (Wildman–Crippen MR) is 177 cm³/mol. The van der Waals surface area contributed by atoms with E-state index in [9.17, 15) is 24.3 Å². The summed E-state index contributed by atoms with van der Waals surface area (Å²) in [6.07, 6.45) is 7.21. The van der Waals surface area contributed by atoms with Crippen LogP contribution in [0.5, 0.6) is 0 Å². The zero-order valence-corrected chi connectivity index (χ0v) is 27.0. The number of unbranched alkanes of at least 4 members (excludes halogenated alkanes) is 1. The number of carboxylic acids is 1. The Bertz CT molecular complexity index is 1960. The summed E-state index contributed by atoms with van der Waals surface area (Å²) in [5, 5.41) is 12.9. The van der Waals surface area contributed by atoms with Crippen molar-refractivity contribution >= 4 is 40.0 Å². The number of H-pyrrole nitrogens is 1. The van der Waals surface area contributed by atoms with E-state index in [0.29, 0.717) is 49.9 Å². The summed E-state index contributed by atoms with van der Waals surface area (Å²) in [6, 6.07) is 2.13.